The average molecular weight is 936 g/mol. The molecule has 1 fully saturated rings. The Morgan fingerprint density at radius 1 is 0.831 bits per heavy atom. The molecule has 0 bridgehead atoms. The summed E-state index contributed by atoms with van der Waals surface area (Å²) < 4.78 is 0. The Kier molecular flexibility index (Phi) is 24.7. The second-order valence-corrected chi connectivity index (χ2v) is 16.6. The molecule has 15 N–H and O–H groups in total. The molecule has 362 valence electrons. The second-order valence-electron chi connectivity index (χ2n) is 15.6. The number of primary amides is 1. The van der Waals surface area contributed by atoms with Crippen LogP contribution in [0.2, 0.25) is 0 Å². The number of likely N-dealkylation sites (tertiary alicyclic amines) is 1. The summed E-state index contributed by atoms with van der Waals surface area (Å²) in [7, 11) is 0. The van der Waals surface area contributed by atoms with Crippen LogP contribution in [0.15, 0.2) is 30.3 Å². The van der Waals surface area contributed by atoms with Gasteiger partial charge in [-0.05, 0) is 70.1 Å². The van der Waals surface area contributed by atoms with Gasteiger partial charge < -0.3 is 74.3 Å². The van der Waals surface area contributed by atoms with E-state index in [0.717, 1.165) is 0 Å². The number of unbranched alkanes of at least 4 members (excludes halogenated alkanes) is 1. The van der Waals surface area contributed by atoms with E-state index in [9.17, 15) is 58.2 Å². The molecule has 0 saturated carbocycles. The molecule has 1 saturated heterocycles. The normalized spacial score (nSPS) is 17.0. The number of aliphatic hydroxyl groups is 2. The van der Waals surface area contributed by atoms with Gasteiger partial charge in [-0.2, -0.15) is 11.8 Å². The maximum atomic E-state index is 13.8. The van der Waals surface area contributed by atoms with Gasteiger partial charge in [0, 0.05) is 13.0 Å². The fraction of sp³-hybridized carbons (Fsp3) is 0.610. The molecule has 0 unspecified atom stereocenters. The minimum absolute atomic E-state index is 0.161. The van der Waals surface area contributed by atoms with Gasteiger partial charge in [0.25, 0.3) is 0 Å². The molecule has 9 atom stereocenters. The van der Waals surface area contributed by atoms with Gasteiger partial charge in [-0.1, -0.05) is 36.8 Å². The van der Waals surface area contributed by atoms with Crippen molar-refractivity contribution >= 4 is 71.2 Å². The number of nitrogens with one attached hydrogen (secondary N) is 7. The lowest BCUT2D eigenvalue weighted by Crippen LogP contribution is -2.61. The first-order chi connectivity index (χ1) is 30.9. The van der Waals surface area contributed by atoms with Gasteiger partial charge in [-0.3, -0.25) is 43.2 Å². The van der Waals surface area contributed by atoms with Crippen LogP contribution >= 0.6 is 11.8 Å². The Hall–Kier alpha value is -5.69. The Morgan fingerprint density at radius 3 is 2.08 bits per heavy atom. The van der Waals surface area contributed by atoms with E-state index in [0.29, 0.717) is 56.3 Å². The van der Waals surface area contributed by atoms with Crippen LogP contribution in [-0.4, -0.2) is 167 Å². The summed E-state index contributed by atoms with van der Waals surface area (Å²) >= 11 is 1.45. The molecular weight excluding hydrogens is 871 g/mol. The molecular formula is C41H65N11O12S. The highest BCUT2D eigenvalue weighted by Crippen LogP contribution is 2.18. The zero-order valence-electron chi connectivity index (χ0n) is 36.9. The van der Waals surface area contributed by atoms with E-state index < -0.39 is 127 Å². The fourth-order valence-corrected chi connectivity index (χ4v) is 7.09. The summed E-state index contributed by atoms with van der Waals surface area (Å²) in [4.78, 5) is 131. The molecule has 65 heavy (non-hydrogen) atoms. The molecule has 1 aliphatic rings. The third-order valence-electron chi connectivity index (χ3n) is 10.3. The van der Waals surface area contributed by atoms with Crippen molar-refractivity contribution in [2.75, 3.05) is 38.2 Å². The predicted molar refractivity (Wildman–Crippen MR) is 238 cm³/mol. The van der Waals surface area contributed by atoms with Gasteiger partial charge >= 0.3 is 0 Å². The standard InChI is InChI=1S/C41H65N11O12S/c1-23(35(58)51-34(24(2)55)41(64)47-26(21-53)14-17-65-3)46-37(60)28(18-25-10-5-4-6-11-25)48-38(61)29(19-32(44)56)49-39(62)30(22-54)50-40(63)31-13-9-16-52(31)33(57)20-45-36(59)27(43)12-7-8-15-42/h4-6,10-11,21,23-24,26-31,34,54-55H,7-9,12-20,22,42-43H2,1-3H3,(H2,44,56)(H,45,59)(H,46,60)(H,47,64)(H,48,61)(H,49,62)(H,50,63)(H,51,58)/t23-,24+,26-,27-,28-,29-,30-,31-,34-/m0/s1. The number of rotatable bonds is 29. The van der Waals surface area contributed by atoms with Gasteiger partial charge in [0.15, 0.2) is 0 Å². The lowest BCUT2D eigenvalue weighted by Gasteiger charge is -2.28. The number of nitrogens with zero attached hydrogens (tertiary/aromatic N) is 1. The minimum atomic E-state index is -1.75. The van der Waals surface area contributed by atoms with Gasteiger partial charge in [0.05, 0.1) is 37.8 Å². The zero-order valence-corrected chi connectivity index (χ0v) is 37.7. The molecule has 0 spiro atoms. The highest BCUT2D eigenvalue weighted by Gasteiger charge is 2.37. The highest BCUT2D eigenvalue weighted by molar-refractivity contribution is 7.98. The lowest BCUT2D eigenvalue weighted by atomic mass is 10.0. The predicted octanol–water partition coefficient (Wildman–Crippen LogP) is -5.08. The van der Waals surface area contributed by atoms with Gasteiger partial charge in [-0.25, -0.2) is 0 Å². The Morgan fingerprint density at radius 2 is 1.48 bits per heavy atom. The SMILES string of the molecule is CSCC[C@@H](C=O)NC(=O)[C@@H](NC(=O)[C@H](C)NC(=O)[C@H](Cc1ccccc1)NC(=O)[C@H](CC(N)=O)NC(=O)[C@H](CO)NC(=O)[C@@H]1CCCN1C(=O)CNC(=O)[C@@H](N)CCCCN)[C@@H](C)O. The van der Waals surface area contributed by atoms with Gasteiger partial charge in [0.2, 0.25) is 53.2 Å². The third kappa shape index (κ3) is 19.1. The summed E-state index contributed by atoms with van der Waals surface area (Å²) in [5, 5.41) is 37.3. The molecule has 2 rings (SSSR count). The number of benzene rings is 1. The van der Waals surface area contributed by atoms with Crippen molar-refractivity contribution in [2.45, 2.75) is 120 Å². The van der Waals surface area contributed by atoms with Crippen molar-refractivity contribution < 1.29 is 58.2 Å². The summed E-state index contributed by atoms with van der Waals surface area (Å²) in [6.07, 6.45) is 2.56. The first kappa shape index (κ1) is 55.4. The summed E-state index contributed by atoms with van der Waals surface area (Å²) in [5.41, 5.74) is 17.3. The van der Waals surface area contributed by atoms with Crippen molar-refractivity contribution in [2.24, 2.45) is 17.2 Å². The quantitative estimate of drug-likeness (QED) is 0.0264. The van der Waals surface area contributed by atoms with Crippen LogP contribution in [0.5, 0.6) is 0 Å². The first-order valence-corrected chi connectivity index (χ1v) is 22.7. The highest BCUT2D eigenvalue weighted by atomic mass is 32.2. The molecule has 9 amide bonds. The Balaban J connectivity index is 2.18. The zero-order chi connectivity index (χ0) is 48.6. The van der Waals surface area contributed by atoms with Crippen LogP contribution in [0.3, 0.4) is 0 Å². The number of aldehydes is 1. The fourth-order valence-electron chi connectivity index (χ4n) is 6.60. The molecule has 1 aliphatic heterocycles. The van der Waals surface area contributed by atoms with Crippen molar-refractivity contribution in [1.29, 1.82) is 0 Å². The monoisotopic (exact) mass is 935 g/mol. The van der Waals surface area contributed by atoms with E-state index in [4.69, 9.17) is 17.2 Å². The number of amides is 9. The van der Waals surface area contributed by atoms with Crippen molar-refractivity contribution in [3.8, 4) is 0 Å². The maximum Gasteiger partial charge on any atom is 0.245 e. The van der Waals surface area contributed by atoms with E-state index >= 15 is 0 Å². The van der Waals surface area contributed by atoms with Crippen molar-refractivity contribution in [3.05, 3.63) is 35.9 Å². The number of hydrogen-bond donors (Lipinski definition) is 12. The van der Waals surface area contributed by atoms with Crippen LogP contribution in [0, 0.1) is 0 Å². The topological polar surface area (TPSA) is 377 Å². The average Bonchev–Trinajstić information content (AvgIpc) is 3.77. The second kappa shape index (κ2) is 29.0. The van der Waals surface area contributed by atoms with Crippen molar-refractivity contribution in [3.63, 3.8) is 0 Å². The Bertz CT molecular complexity index is 1790. The van der Waals surface area contributed by atoms with Gasteiger partial charge in [-0.15, -0.1) is 0 Å². The van der Waals surface area contributed by atoms with Crippen LogP contribution < -0.4 is 54.4 Å². The van der Waals surface area contributed by atoms with Crippen LogP contribution in [-0.2, 0) is 54.4 Å². The van der Waals surface area contributed by atoms with E-state index in [2.05, 4.69) is 37.2 Å². The van der Waals surface area contributed by atoms with E-state index in [-0.39, 0.29) is 19.4 Å². The summed E-state index contributed by atoms with van der Waals surface area (Å²) in [6.45, 7) is 1.71. The number of thioether (sulfide) groups is 1. The molecule has 24 heteroatoms. The number of carbonyl (C=O) groups is 10. The largest absolute Gasteiger partial charge is 0.394 e. The number of hydrogen-bond acceptors (Lipinski definition) is 15. The van der Waals surface area contributed by atoms with Crippen LogP contribution in [0.1, 0.15) is 64.4 Å². The molecule has 23 nitrogen and oxygen atoms in total. The molecule has 1 heterocycles. The molecule has 0 aliphatic carbocycles. The van der Waals surface area contributed by atoms with E-state index in [1.807, 2.05) is 6.26 Å². The number of aliphatic hydroxyl groups excluding tert-OH is 2. The summed E-state index contributed by atoms with van der Waals surface area (Å²) in [5.74, 6) is -7.31. The third-order valence-corrected chi connectivity index (χ3v) is 10.9. The minimum Gasteiger partial charge on any atom is -0.394 e. The van der Waals surface area contributed by atoms with Crippen LogP contribution in [0.4, 0.5) is 0 Å². The van der Waals surface area contributed by atoms with Crippen LogP contribution in [0.25, 0.3) is 0 Å². The van der Waals surface area contributed by atoms with Gasteiger partial charge in [0.1, 0.15) is 42.5 Å². The van der Waals surface area contributed by atoms with E-state index in [1.165, 1.54) is 30.5 Å². The smallest absolute Gasteiger partial charge is 0.245 e. The number of nitrogens with two attached hydrogens (primary N) is 3. The first-order valence-electron chi connectivity index (χ1n) is 21.3. The molecule has 1 aromatic carbocycles. The lowest BCUT2D eigenvalue weighted by molar-refractivity contribution is -0.140. The molecule has 0 aromatic heterocycles. The molecule has 0 radical (unpaired) electrons. The maximum absolute atomic E-state index is 13.8. The van der Waals surface area contributed by atoms with E-state index in [1.54, 1.807) is 30.3 Å². The Labute approximate surface area is 381 Å². The molecule has 1 aromatic rings. The summed E-state index contributed by atoms with van der Waals surface area (Å²) in [6, 6.07) is -2.24. The van der Waals surface area contributed by atoms with Crippen molar-refractivity contribution in [1.82, 2.24) is 42.1 Å². The number of carbonyl (C=O) groups excluding carboxylic acids is 10.